The fraction of sp³-hybridized carbons (Fsp3) is 0.200. The topological polar surface area (TPSA) is 0 Å². The van der Waals surface area contributed by atoms with Gasteiger partial charge in [0.1, 0.15) is 0 Å². The maximum atomic E-state index is 13.6. The largest absolute Gasteiger partial charge is 0.234 e. The summed E-state index contributed by atoms with van der Waals surface area (Å²) in [4.78, 5) is 0. The van der Waals surface area contributed by atoms with Gasteiger partial charge in [-0.3, -0.25) is 0 Å². The van der Waals surface area contributed by atoms with E-state index in [1.165, 1.54) is 13.0 Å². The maximum absolute atomic E-state index is 13.6. The van der Waals surface area contributed by atoms with E-state index in [-0.39, 0.29) is 0 Å². The highest BCUT2D eigenvalue weighted by Crippen LogP contribution is 2.27. The van der Waals surface area contributed by atoms with Crippen molar-refractivity contribution in [1.82, 2.24) is 0 Å². The Bertz CT molecular complexity index is 274. The van der Waals surface area contributed by atoms with Gasteiger partial charge in [0.25, 0.3) is 0 Å². The number of hydrogen-bond acceptors (Lipinski definition) is 0. The van der Waals surface area contributed by atoms with Crippen LogP contribution < -0.4 is 0 Å². The van der Waals surface area contributed by atoms with E-state index < -0.39 is 5.67 Å². The normalized spacial score (nSPS) is 15.2. The molecule has 0 bridgehead atoms. The van der Waals surface area contributed by atoms with Crippen LogP contribution in [0.15, 0.2) is 41.4 Å². The molecule has 0 aromatic heterocycles. The lowest BCUT2D eigenvalue weighted by atomic mass is 9.98. The molecule has 0 nitrogen and oxygen atoms in total. The van der Waals surface area contributed by atoms with Crippen molar-refractivity contribution >= 4 is 15.9 Å². The maximum Gasteiger partial charge on any atom is 0.151 e. The summed E-state index contributed by atoms with van der Waals surface area (Å²) in [5.41, 5.74) is -0.804. The number of allylic oxidation sites excluding steroid dienone is 1. The average molecular weight is 229 g/mol. The minimum absolute atomic E-state index is 0.626. The van der Waals surface area contributed by atoms with Crippen molar-refractivity contribution in [3.8, 4) is 0 Å². The summed E-state index contributed by atoms with van der Waals surface area (Å²) in [5.74, 6) is 0. The first-order valence-electron chi connectivity index (χ1n) is 3.65. The molecule has 0 spiro atoms. The van der Waals surface area contributed by atoms with Gasteiger partial charge in [0.15, 0.2) is 5.67 Å². The molecule has 0 aliphatic heterocycles. The Kier molecular flexibility index (Phi) is 2.68. The van der Waals surface area contributed by atoms with Gasteiger partial charge in [0, 0.05) is 4.47 Å². The zero-order valence-electron chi connectivity index (χ0n) is 6.85. The first kappa shape index (κ1) is 9.46. The molecular formula is C10H10BrF. The number of benzene rings is 1. The molecule has 1 aromatic rings. The highest BCUT2D eigenvalue weighted by Gasteiger charge is 2.20. The Labute approximate surface area is 80.2 Å². The molecule has 0 radical (unpaired) electrons. The molecule has 12 heavy (non-hydrogen) atoms. The molecule has 0 aliphatic rings. The van der Waals surface area contributed by atoms with E-state index in [2.05, 4.69) is 22.5 Å². The van der Waals surface area contributed by atoms with Gasteiger partial charge in [0.2, 0.25) is 0 Å². The quantitative estimate of drug-likeness (QED) is 0.676. The van der Waals surface area contributed by atoms with E-state index >= 15 is 0 Å². The third-order valence-electron chi connectivity index (χ3n) is 1.79. The van der Waals surface area contributed by atoms with Gasteiger partial charge >= 0.3 is 0 Å². The lowest BCUT2D eigenvalue weighted by Crippen LogP contribution is -2.10. The van der Waals surface area contributed by atoms with E-state index in [1.54, 1.807) is 12.1 Å². The standard InChI is InChI=1S/C10H10BrF/c1-3-10(2,12)8-4-6-9(11)7-5-8/h3-7H,1H2,2H3. The zero-order valence-corrected chi connectivity index (χ0v) is 8.44. The fourth-order valence-electron chi connectivity index (χ4n) is 0.894. The van der Waals surface area contributed by atoms with Crippen molar-refractivity contribution in [1.29, 1.82) is 0 Å². The van der Waals surface area contributed by atoms with Crippen LogP contribution in [-0.4, -0.2) is 0 Å². The summed E-state index contributed by atoms with van der Waals surface area (Å²) in [6.45, 7) is 4.93. The van der Waals surface area contributed by atoms with Crippen LogP contribution in [0, 0.1) is 0 Å². The van der Waals surface area contributed by atoms with Gasteiger partial charge in [-0.2, -0.15) is 0 Å². The Balaban J connectivity index is 3.04. The molecular weight excluding hydrogens is 219 g/mol. The first-order chi connectivity index (χ1) is 5.56. The monoisotopic (exact) mass is 228 g/mol. The molecule has 0 heterocycles. The summed E-state index contributed by atoms with van der Waals surface area (Å²) >= 11 is 3.29. The minimum Gasteiger partial charge on any atom is -0.234 e. The molecule has 1 aromatic carbocycles. The summed E-state index contributed by atoms with van der Waals surface area (Å²) in [7, 11) is 0. The van der Waals surface area contributed by atoms with Crippen molar-refractivity contribution < 1.29 is 4.39 Å². The van der Waals surface area contributed by atoms with Crippen LogP contribution in [0.1, 0.15) is 12.5 Å². The SMILES string of the molecule is C=CC(C)(F)c1ccc(Br)cc1. The van der Waals surface area contributed by atoms with E-state index in [0.717, 1.165) is 4.47 Å². The van der Waals surface area contributed by atoms with E-state index in [0.29, 0.717) is 5.56 Å². The molecule has 0 N–H and O–H groups in total. The molecule has 1 atom stereocenters. The highest BCUT2D eigenvalue weighted by atomic mass is 79.9. The van der Waals surface area contributed by atoms with Crippen molar-refractivity contribution in [3.63, 3.8) is 0 Å². The second-order valence-electron chi connectivity index (χ2n) is 2.79. The molecule has 64 valence electrons. The predicted octanol–water partition coefficient (Wildman–Crippen LogP) is 3.82. The Morgan fingerprint density at radius 2 is 1.92 bits per heavy atom. The van der Waals surface area contributed by atoms with Gasteiger partial charge in [0.05, 0.1) is 0 Å². The highest BCUT2D eigenvalue weighted by molar-refractivity contribution is 9.10. The van der Waals surface area contributed by atoms with Crippen molar-refractivity contribution in [3.05, 3.63) is 47.0 Å². The average Bonchev–Trinajstić information content (AvgIpc) is 2.05. The van der Waals surface area contributed by atoms with Crippen molar-refractivity contribution in [2.75, 3.05) is 0 Å². The molecule has 0 amide bonds. The Hall–Kier alpha value is -0.630. The minimum atomic E-state index is -1.43. The molecule has 0 saturated carbocycles. The number of alkyl halides is 1. The van der Waals surface area contributed by atoms with Gasteiger partial charge in [-0.1, -0.05) is 40.7 Å². The van der Waals surface area contributed by atoms with Crippen molar-refractivity contribution in [2.24, 2.45) is 0 Å². The third kappa shape index (κ3) is 1.95. The van der Waals surface area contributed by atoms with Crippen LogP contribution in [0.2, 0.25) is 0 Å². The molecule has 1 rings (SSSR count). The predicted molar refractivity (Wildman–Crippen MR) is 52.8 cm³/mol. The Morgan fingerprint density at radius 1 is 1.42 bits per heavy atom. The summed E-state index contributed by atoms with van der Waals surface area (Å²) in [6, 6.07) is 7.12. The molecule has 0 saturated heterocycles. The molecule has 0 aliphatic carbocycles. The number of halogens is 2. The van der Waals surface area contributed by atoms with Gasteiger partial charge < -0.3 is 0 Å². The zero-order chi connectivity index (χ0) is 9.19. The molecule has 2 heteroatoms. The van der Waals surface area contributed by atoms with E-state index in [9.17, 15) is 4.39 Å². The third-order valence-corrected chi connectivity index (χ3v) is 2.32. The van der Waals surface area contributed by atoms with Crippen LogP contribution in [0.5, 0.6) is 0 Å². The Morgan fingerprint density at radius 3 is 2.33 bits per heavy atom. The molecule has 1 unspecified atom stereocenters. The second-order valence-corrected chi connectivity index (χ2v) is 3.70. The van der Waals surface area contributed by atoms with E-state index in [4.69, 9.17) is 0 Å². The van der Waals surface area contributed by atoms with Crippen molar-refractivity contribution in [2.45, 2.75) is 12.6 Å². The van der Waals surface area contributed by atoms with Crippen LogP contribution >= 0.6 is 15.9 Å². The lowest BCUT2D eigenvalue weighted by Gasteiger charge is -2.15. The molecule has 0 fully saturated rings. The summed E-state index contributed by atoms with van der Waals surface area (Å²) in [6.07, 6.45) is 1.30. The fourth-order valence-corrected chi connectivity index (χ4v) is 1.16. The second kappa shape index (κ2) is 3.40. The van der Waals surface area contributed by atoms with Gasteiger partial charge in [-0.15, -0.1) is 0 Å². The van der Waals surface area contributed by atoms with Crippen LogP contribution in [0.3, 0.4) is 0 Å². The number of rotatable bonds is 2. The van der Waals surface area contributed by atoms with Crippen LogP contribution in [0.4, 0.5) is 4.39 Å². The van der Waals surface area contributed by atoms with Crippen LogP contribution in [-0.2, 0) is 5.67 Å². The summed E-state index contributed by atoms with van der Waals surface area (Å²) < 4.78 is 14.5. The summed E-state index contributed by atoms with van der Waals surface area (Å²) in [5, 5.41) is 0. The van der Waals surface area contributed by atoms with Gasteiger partial charge in [-0.25, -0.2) is 4.39 Å². The van der Waals surface area contributed by atoms with Gasteiger partial charge in [-0.05, 0) is 24.6 Å². The van der Waals surface area contributed by atoms with Crippen LogP contribution in [0.25, 0.3) is 0 Å². The smallest absolute Gasteiger partial charge is 0.151 e. The first-order valence-corrected chi connectivity index (χ1v) is 4.44. The number of hydrogen-bond donors (Lipinski definition) is 0. The van der Waals surface area contributed by atoms with E-state index in [1.807, 2.05) is 12.1 Å². The lowest BCUT2D eigenvalue weighted by molar-refractivity contribution is 0.264.